The highest BCUT2D eigenvalue weighted by molar-refractivity contribution is 5.95. The molecule has 0 aliphatic carbocycles. The second kappa shape index (κ2) is 5.83. The Kier molecular flexibility index (Phi) is 3.90. The van der Waals surface area contributed by atoms with E-state index in [1.165, 1.54) is 0 Å². The molecule has 0 saturated carbocycles. The number of pyridine rings is 1. The summed E-state index contributed by atoms with van der Waals surface area (Å²) in [5.74, 6) is 0.0572. The van der Waals surface area contributed by atoms with Gasteiger partial charge in [-0.15, -0.1) is 0 Å². The summed E-state index contributed by atoms with van der Waals surface area (Å²) in [5, 5.41) is 8.94. The summed E-state index contributed by atoms with van der Waals surface area (Å²) in [6.45, 7) is 5.84. The molecule has 1 fully saturated rings. The first-order valence-electron chi connectivity index (χ1n) is 7.25. The molecule has 0 aromatic carbocycles. The van der Waals surface area contributed by atoms with Crippen molar-refractivity contribution in [2.45, 2.75) is 6.92 Å². The number of carbonyl (C=O) groups excluding carboxylic acids is 1. The van der Waals surface area contributed by atoms with E-state index in [2.05, 4.69) is 9.88 Å². The van der Waals surface area contributed by atoms with Crippen molar-refractivity contribution in [2.75, 3.05) is 39.3 Å². The van der Waals surface area contributed by atoms with E-state index in [1.807, 2.05) is 40.8 Å². The van der Waals surface area contributed by atoms with E-state index in [9.17, 15) is 4.79 Å². The van der Waals surface area contributed by atoms with Gasteiger partial charge in [0.15, 0.2) is 0 Å². The van der Waals surface area contributed by atoms with Crippen LogP contribution in [-0.4, -0.2) is 69.5 Å². The van der Waals surface area contributed by atoms with Crippen LogP contribution < -0.4 is 0 Å². The van der Waals surface area contributed by atoms with Crippen LogP contribution in [0.15, 0.2) is 24.5 Å². The summed E-state index contributed by atoms with van der Waals surface area (Å²) < 4.78 is 1.92. The Morgan fingerprint density at radius 2 is 2.10 bits per heavy atom. The van der Waals surface area contributed by atoms with Crippen molar-refractivity contribution in [1.82, 2.24) is 19.2 Å². The average Bonchev–Trinajstić information content (AvgIpc) is 2.86. The van der Waals surface area contributed by atoms with Crippen LogP contribution in [0.25, 0.3) is 5.65 Å². The predicted octanol–water partition coefficient (Wildman–Crippen LogP) is 0.393. The number of aliphatic hydroxyl groups is 1. The Bertz CT molecular complexity index is 644. The molecule has 1 amide bonds. The van der Waals surface area contributed by atoms with E-state index in [0.29, 0.717) is 25.2 Å². The maximum absolute atomic E-state index is 12.5. The Hall–Kier alpha value is -1.92. The van der Waals surface area contributed by atoms with Crippen LogP contribution in [0.5, 0.6) is 0 Å². The zero-order chi connectivity index (χ0) is 14.8. The fourth-order valence-corrected chi connectivity index (χ4v) is 2.74. The topological polar surface area (TPSA) is 61.1 Å². The van der Waals surface area contributed by atoms with Crippen molar-refractivity contribution in [1.29, 1.82) is 0 Å². The third-order valence-electron chi connectivity index (χ3n) is 3.90. The number of amides is 1. The molecule has 0 bridgehead atoms. The highest BCUT2D eigenvalue weighted by Gasteiger charge is 2.22. The van der Waals surface area contributed by atoms with Crippen LogP contribution in [0.1, 0.15) is 16.1 Å². The van der Waals surface area contributed by atoms with Gasteiger partial charge in [-0.2, -0.15) is 0 Å². The second-order valence-corrected chi connectivity index (χ2v) is 5.42. The van der Waals surface area contributed by atoms with E-state index >= 15 is 0 Å². The van der Waals surface area contributed by atoms with Crippen molar-refractivity contribution in [3.63, 3.8) is 0 Å². The van der Waals surface area contributed by atoms with Gasteiger partial charge < -0.3 is 14.4 Å². The molecule has 0 spiro atoms. The third-order valence-corrected chi connectivity index (χ3v) is 3.90. The summed E-state index contributed by atoms with van der Waals surface area (Å²) in [7, 11) is 0. The fourth-order valence-electron chi connectivity index (χ4n) is 2.74. The molecule has 0 radical (unpaired) electrons. The van der Waals surface area contributed by atoms with E-state index in [0.717, 1.165) is 24.4 Å². The van der Waals surface area contributed by atoms with E-state index in [4.69, 9.17) is 5.11 Å². The third kappa shape index (κ3) is 2.91. The largest absolute Gasteiger partial charge is 0.395 e. The summed E-state index contributed by atoms with van der Waals surface area (Å²) in [4.78, 5) is 21.0. The smallest absolute Gasteiger partial charge is 0.254 e. The average molecular weight is 288 g/mol. The van der Waals surface area contributed by atoms with Crippen LogP contribution in [0.2, 0.25) is 0 Å². The Morgan fingerprint density at radius 3 is 2.81 bits per heavy atom. The first kappa shape index (κ1) is 14.0. The summed E-state index contributed by atoms with van der Waals surface area (Å²) in [6, 6.07) is 3.69. The molecule has 21 heavy (non-hydrogen) atoms. The van der Waals surface area contributed by atoms with Crippen LogP contribution >= 0.6 is 0 Å². The summed E-state index contributed by atoms with van der Waals surface area (Å²) in [5.41, 5.74) is 2.43. The minimum atomic E-state index is 0.0572. The number of fused-ring (bicyclic) bond motifs is 1. The quantitative estimate of drug-likeness (QED) is 0.888. The molecule has 0 unspecified atom stereocenters. The standard InChI is InChI=1S/C15H20N4O2/c1-12-11-19-3-2-13(10-14(19)16-12)15(21)18-6-4-17(5-7-18)8-9-20/h2-3,10-11,20H,4-9H2,1H3. The Labute approximate surface area is 123 Å². The van der Waals surface area contributed by atoms with Crippen molar-refractivity contribution in [3.05, 3.63) is 35.8 Å². The van der Waals surface area contributed by atoms with Gasteiger partial charge in [-0.25, -0.2) is 4.98 Å². The number of hydrogen-bond donors (Lipinski definition) is 1. The van der Waals surface area contributed by atoms with Gasteiger partial charge >= 0.3 is 0 Å². The first-order chi connectivity index (χ1) is 10.2. The van der Waals surface area contributed by atoms with E-state index < -0.39 is 0 Å². The molecule has 1 aliphatic rings. The number of hydrogen-bond acceptors (Lipinski definition) is 4. The van der Waals surface area contributed by atoms with Crippen molar-refractivity contribution < 1.29 is 9.90 Å². The van der Waals surface area contributed by atoms with Crippen LogP contribution in [0, 0.1) is 6.92 Å². The molecule has 1 saturated heterocycles. The second-order valence-electron chi connectivity index (χ2n) is 5.42. The van der Waals surface area contributed by atoms with Gasteiger partial charge in [0.05, 0.1) is 12.3 Å². The van der Waals surface area contributed by atoms with Crippen LogP contribution in [0.4, 0.5) is 0 Å². The number of nitrogens with zero attached hydrogens (tertiary/aromatic N) is 4. The van der Waals surface area contributed by atoms with Gasteiger partial charge in [-0.1, -0.05) is 0 Å². The normalized spacial score (nSPS) is 16.6. The first-order valence-corrected chi connectivity index (χ1v) is 7.25. The number of aryl methyl sites for hydroxylation is 1. The maximum Gasteiger partial charge on any atom is 0.254 e. The number of β-amino-alcohol motifs (C(OH)–C–C–N with tert-alkyl or cyclic N) is 1. The highest BCUT2D eigenvalue weighted by atomic mass is 16.3. The Balaban J connectivity index is 1.72. The van der Waals surface area contributed by atoms with Crippen molar-refractivity contribution in [3.8, 4) is 0 Å². The molecule has 2 aromatic rings. The fraction of sp³-hybridized carbons (Fsp3) is 0.467. The molecule has 1 aliphatic heterocycles. The molecule has 1 N–H and O–H groups in total. The van der Waals surface area contributed by atoms with Crippen LogP contribution in [-0.2, 0) is 0 Å². The number of aromatic nitrogens is 2. The van der Waals surface area contributed by atoms with Gasteiger partial charge in [-0.05, 0) is 19.1 Å². The lowest BCUT2D eigenvalue weighted by molar-refractivity contribution is 0.0615. The zero-order valence-electron chi connectivity index (χ0n) is 12.2. The van der Waals surface area contributed by atoms with E-state index in [1.54, 1.807) is 0 Å². The molecule has 0 atom stereocenters. The lowest BCUT2D eigenvalue weighted by atomic mass is 10.2. The molecule has 3 heterocycles. The van der Waals surface area contributed by atoms with Crippen LogP contribution in [0.3, 0.4) is 0 Å². The number of imidazole rings is 1. The molecule has 6 nitrogen and oxygen atoms in total. The lowest BCUT2D eigenvalue weighted by Crippen LogP contribution is -2.49. The number of aliphatic hydroxyl groups excluding tert-OH is 1. The molecule has 112 valence electrons. The molecular formula is C15H20N4O2. The zero-order valence-corrected chi connectivity index (χ0v) is 12.2. The molecular weight excluding hydrogens is 268 g/mol. The minimum Gasteiger partial charge on any atom is -0.395 e. The SMILES string of the molecule is Cc1cn2ccc(C(=O)N3CCN(CCO)CC3)cc2n1. The monoisotopic (exact) mass is 288 g/mol. The van der Waals surface area contributed by atoms with Crippen molar-refractivity contribution >= 4 is 11.6 Å². The number of piperazine rings is 1. The summed E-state index contributed by atoms with van der Waals surface area (Å²) in [6.07, 6.45) is 3.82. The highest BCUT2D eigenvalue weighted by Crippen LogP contribution is 2.12. The maximum atomic E-state index is 12.5. The Morgan fingerprint density at radius 1 is 1.33 bits per heavy atom. The van der Waals surface area contributed by atoms with Gasteiger partial charge in [0, 0.05) is 50.7 Å². The summed E-state index contributed by atoms with van der Waals surface area (Å²) >= 11 is 0. The molecule has 2 aromatic heterocycles. The minimum absolute atomic E-state index is 0.0572. The number of carbonyl (C=O) groups is 1. The van der Waals surface area contributed by atoms with Gasteiger partial charge in [0.2, 0.25) is 0 Å². The van der Waals surface area contributed by atoms with Gasteiger partial charge in [0.25, 0.3) is 5.91 Å². The molecule has 3 rings (SSSR count). The van der Waals surface area contributed by atoms with Gasteiger partial charge in [-0.3, -0.25) is 9.69 Å². The number of rotatable bonds is 3. The predicted molar refractivity (Wildman–Crippen MR) is 79.4 cm³/mol. The molecule has 6 heteroatoms. The van der Waals surface area contributed by atoms with Gasteiger partial charge in [0.1, 0.15) is 5.65 Å². The lowest BCUT2D eigenvalue weighted by Gasteiger charge is -2.34. The van der Waals surface area contributed by atoms with E-state index in [-0.39, 0.29) is 12.5 Å². The van der Waals surface area contributed by atoms with Crippen molar-refractivity contribution in [2.24, 2.45) is 0 Å².